The van der Waals surface area contributed by atoms with E-state index in [2.05, 4.69) is 26.1 Å². The van der Waals surface area contributed by atoms with Crippen LogP contribution in [0.4, 0.5) is 4.39 Å². The maximum absolute atomic E-state index is 13.2. The summed E-state index contributed by atoms with van der Waals surface area (Å²) in [5.74, 6) is -0.208. The molecule has 0 radical (unpaired) electrons. The number of fused-ring (bicyclic) bond motifs is 1. The number of rotatable bonds is 4. The molecule has 2 aliphatic heterocycles. The van der Waals surface area contributed by atoms with Crippen molar-refractivity contribution in [2.24, 2.45) is 0 Å². The molecule has 0 saturated carbocycles. The monoisotopic (exact) mass is 356 g/mol. The first-order valence-electron chi connectivity index (χ1n) is 7.64. The minimum absolute atomic E-state index is 0.196. The third kappa shape index (κ3) is 3.47. The number of nitrogens with zero attached hydrogens (tertiary/aromatic N) is 1. The molecule has 0 bridgehead atoms. The molecule has 1 N–H and O–H groups in total. The van der Waals surface area contributed by atoms with E-state index in [0.29, 0.717) is 6.04 Å². The fraction of sp³-hybridized carbons (Fsp3) is 0.625. The first kappa shape index (κ1) is 15.4. The third-order valence-corrected chi connectivity index (χ3v) is 5.43. The zero-order valence-corrected chi connectivity index (χ0v) is 13.9. The van der Waals surface area contributed by atoms with Crippen molar-refractivity contribution in [3.63, 3.8) is 0 Å². The maximum atomic E-state index is 13.2. The molecule has 1 aromatic rings. The molecule has 2 aliphatic rings. The highest BCUT2D eigenvalue weighted by Gasteiger charge is 2.35. The van der Waals surface area contributed by atoms with Gasteiger partial charge in [-0.05, 0) is 50.6 Å². The van der Waals surface area contributed by atoms with Gasteiger partial charge in [0.2, 0.25) is 0 Å². The van der Waals surface area contributed by atoms with Crippen LogP contribution in [0.2, 0.25) is 0 Å². The average molecular weight is 357 g/mol. The van der Waals surface area contributed by atoms with Gasteiger partial charge in [-0.1, -0.05) is 22.0 Å². The Bertz CT molecular complexity index is 499. The fourth-order valence-electron chi connectivity index (χ4n) is 3.43. The van der Waals surface area contributed by atoms with Gasteiger partial charge in [0.1, 0.15) is 5.82 Å². The van der Waals surface area contributed by atoms with Gasteiger partial charge in [-0.3, -0.25) is 4.90 Å². The number of hydrogen-bond donors (Lipinski definition) is 1. The molecule has 1 aromatic carbocycles. The lowest BCUT2D eigenvalue weighted by molar-refractivity contribution is -0.0634. The zero-order chi connectivity index (χ0) is 14.8. The van der Waals surface area contributed by atoms with Crippen molar-refractivity contribution < 1.29 is 9.13 Å². The predicted molar refractivity (Wildman–Crippen MR) is 85.0 cm³/mol. The van der Waals surface area contributed by atoms with Gasteiger partial charge in [-0.25, -0.2) is 4.39 Å². The highest BCUT2D eigenvalue weighted by molar-refractivity contribution is 9.10. The van der Waals surface area contributed by atoms with Gasteiger partial charge in [-0.2, -0.15) is 0 Å². The molecule has 3 rings (SSSR count). The molecule has 2 heterocycles. The number of ether oxygens (including phenoxy) is 1. The third-order valence-electron chi connectivity index (χ3n) is 4.69. The predicted octanol–water partition coefficient (Wildman–Crippen LogP) is 2.58. The summed E-state index contributed by atoms with van der Waals surface area (Å²) in [7, 11) is 1.97. The molecule has 116 valence electrons. The Labute approximate surface area is 134 Å². The van der Waals surface area contributed by atoms with Crippen LogP contribution in [0.25, 0.3) is 0 Å². The second-order valence-electron chi connectivity index (χ2n) is 6.00. The molecule has 0 aromatic heterocycles. The summed E-state index contributed by atoms with van der Waals surface area (Å²) in [6.07, 6.45) is 3.58. The summed E-state index contributed by atoms with van der Waals surface area (Å²) in [5, 5.41) is 3.38. The van der Waals surface area contributed by atoms with Crippen molar-refractivity contribution in [2.75, 3.05) is 26.7 Å². The van der Waals surface area contributed by atoms with Gasteiger partial charge in [0.25, 0.3) is 0 Å². The normalized spacial score (nSPS) is 27.6. The van der Waals surface area contributed by atoms with Crippen LogP contribution in [0.3, 0.4) is 0 Å². The first-order chi connectivity index (χ1) is 10.2. The molecule has 2 fully saturated rings. The van der Waals surface area contributed by atoms with Gasteiger partial charge in [0, 0.05) is 23.1 Å². The Hall–Kier alpha value is -0.490. The van der Waals surface area contributed by atoms with E-state index in [1.807, 2.05) is 13.1 Å². The second-order valence-corrected chi connectivity index (χ2v) is 6.85. The summed E-state index contributed by atoms with van der Waals surface area (Å²) in [4.78, 5) is 2.55. The number of morpholine rings is 1. The molecule has 3 atom stereocenters. The van der Waals surface area contributed by atoms with Gasteiger partial charge in [-0.15, -0.1) is 0 Å². The largest absolute Gasteiger partial charge is 0.374 e. The Morgan fingerprint density at radius 3 is 3.14 bits per heavy atom. The van der Waals surface area contributed by atoms with Crippen LogP contribution in [0.5, 0.6) is 0 Å². The topological polar surface area (TPSA) is 24.5 Å². The van der Waals surface area contributed by atoms with E-state index in [-0.39, 0.29) is 18.0 Å². The van der Waals surface area contributed by atoms with E-state index in [1.54, 1.807) is 0 Å². The summed E-state index contributed by atoms with van der Waals surface area (Å²) >= 11 is 3.45. The maximum Gasteiger partial charge on any atom is 0.124 e. The molecule has 3 unspecified atom stereocenters. The fourth-order valence-corrected chi connectivity index (χ4v) is 3.94. The SMILES string of the molecule is CNC(Cc1ccc(F)cc1Br)C1CN2CCCC2CO1. The molecule has 0 aliphatic carbocycles. The van der Waals surface area contributed by atoms with E-state index in [0.717, 1.165) is 29.6 Å². The molecule has 2 saturated heterocycles. The zero-order valence-electron chi connectivity index (χ0n) is 12.3. The van der Waals surface area contributed by atoms with Crippen LogP contribution < -0.4 is 5.32 Å². The van der Waals surface area contributed by atoms with Gasteiger partial charge in [0.05, 0.1) is 12.7 Å². The van der Waals surface area contributed by atoms with Crippen molar-refractivity contribution in [3.05, 3.63) is 34.1 Å². The van der Waals surface area contributed by atoms with Crippen LogP contribution in [0, 0.1) is 5.82 Å². The average Bonchev–Trinajstić information content (AvgIpc) is 2.94. The van der Waals surface area contributed by atoms with Crippen LogP contribution in [0.15, 0.2) is 22.7 Å². The number of halogens is 2. The smallest absolute Gasteiger partial charge is 0.124 e. The minimum Gasteiger partial charge on any atom is -0.374 e. The van der Waals surface area contributed by atoms with Crippen molar-refractivity contribution in [3.8, 4) is 0 Å². The van der Waals surface area contributed by atoms with E-state index in [9.17, 15) is 4.39 Å². The van der Waals surface area contributed by atoms with E-state index in [4.69, 9.17) is 4.74 Å². The van der Waals surface area contributed by atoms with Crippen molar-refractivity contribution in [1.29, 1.82) is 0 Å². The Morgan fingerprint density at radius 2 is 2.38 bits per heavy atom. The van der Waals surface area contributed by atoms with Crippen molar-refractivity contribution in [2.45, 2.75) is 37.5 Å². The Balaban J connectivity index is 1.67. The van der Waals surface area contributed by atoms with Crippen LogP contribution in [0.1, 0.15) is 18.4 Å². The lowest BCUT2D eigenvalue weighted by Crippen LogP contribution is -2.54. The van der Waals surface area contributed by atoms with Gasteiger partial charge >= 0.3 is 0 Å². The summed E-state index contributed by atoms with van der Waals surface area (Å²) in [5.41, 5.74) is 1.11. The second kappa shape index (κ2) is 6.73. The van der Waals surface area contributed by atoms with Crippen LogP contribution >= 0.6 is 15.9 Å². The first-order valence-corrected chi connectivity index (χ1v) is 8.43. The van der Waals surface area contributed by atoms with E-state index in [1.165, 1.54) is 31.5 Å². The molecule has 5 heteroatoms. The molecule has 3 nitrogen and oxygen atoms in total. The van der Waals surface area contributed by atoms with E-state index < -0.39 is 0 Å². The Kier molecular flexibility index (Phi) is 4.94. The molecule has 0 spiro atoms. The number of hydrogen-bond acceptors (Lipinski definition) is 3. The summed E-state index contributed by atoms with van der Waals surface area (Å²) in [6, 6.07) is 5.76. The number of likely N-dealkylation sites (N-methyl/N-ethyl adjacent to an activating group) is 1. The lowest BCUT2D eigenvalue weighted by atomic mass is 9.99. The highest BCUT2D eigenvalue weighted by atomic mass is 79.9. The molecule has 21 heavy (non-hydrogen) atoms. The van der Waals surface area contributed by atoms with Crippen LogP contribution in [-0.4, -0.2) is 49.8 Å². The summed E-state index contributed by atoms with van der Waals surface area (Å²) < 4.78 is 20.1. The molecular formula is C16H22BrFN2O. The lowest BCUT2D eigenvalue weighted by Gasteiger charge is -2.39. The van der Waals surface area contributed by atoms with E-state index >= 15 is 0 Å². The number of benzene rings is 1. The van der Waals surface area contributed by atoms with Crippen LogP contribution in [-0.2, 0) is 11.2 Å². The standard InChI is InChI=1S/C16H22BrFN2O/c1-19-15(7-11-4-5-12(18)8-14(11)17)16-9-20-6-2-3-13(20)10-21-16/h4-5,8,13,15-16,19H,2-3,6-7,9-10H2,1H3. The van der Waals surface area contributed by atoms with Crippen molar-refractivity contribution in [1.82, 2.24) is 10.2 Å². The van der Waals surface area contributed by atoms with Crippen molar-refractivity contribution >= 4 is 15.9 Å². The minimum atomic E-state index is -0.208. The quantitative estimate of drug-likeness (QED) is 0.897. The molecular weight excluding hydrogens is 335 g/mol. The number of nitrogens with one attached hydrogen (secondary N) is 1. The molecule has 0 amide bonds. The van der Waals surface area contributed by atoms with Gasteiger partial charge in [0.15, 0.2) is 0 Å². The Morgan fingerprint density at radius 1 is 1.52 bits per heavy atom. The van der Waals surface area contributed by atoms with Gasteiger partial charge < -0.3 is 10.1 Å². The summed E-state index contributed by atoms with van der Waals surface area (Å²) in [6.45, 7) is 3.03. The highest BCUT2D eigenvalue weighted by Crippen LogP contribution is 2.26.